The van der Waals surface area contributed by atoms with Crippen LogP contribution in [0, 0.1) is 18.8 Å². The zero-order valence-electron chi connectivity index (χ0n) is 23.8. The maximum absolute atomic E-state index is 13.3. The largest absolute Gasteiger partial charge is 0.494 e. The summed E-state index contributed by atoms with van der Waals surface area (Å²) in [5.41, 5.74) is 5.13. The van der Waals surface area contributed by atoms with Crippen molar-refractivity contribution in [2.24, 2.45) is 11.8 Å². The van der Waals surface area contributed by atoms with Crippen LogP contribution in [-0.4, -0.2) is 78.5 Å². The molecule has 41 heavy (non-hydrogen) atoms. The minimum absolute atomic E-state index is 0.401. The zero-order chi connectivity index (χ0) is 28.9. The van der Waals surface area contributed by atoms with E-state index in [-0.39, 0.29) is 0 Å². The topological polar surface area (TPSA) is 108 Å². The van der Waals surface area contributed by atoms with E-state index >= 15 is 0 Å². The third-order valence-corrected chi connectivity index (χ3v) is 10.0. The van der Waals surface area contributed by atoms with Gasteiger partial charge in [-0.3, -0.25) is 9.97 Å². The van der Waals surface area contributed by atoms with Crippen LogP contribution in [0.1, 0.15) is 5.56 Å². The van der Waals surface area contributed by atoms with Crippen LogP contribution >= 0.6 is 23.1 Å². The van der Waals surface area contributed by atoms with Gasteiger partial charge in [-0.05, 0) is 78.8 Å². The first-order chi connectivity index (χ1) is 19.6. The number of aromatic nitrogens is 4. The molecule has 2 aromatic heterocycles. The van der Waals surface area contributed by atoms with E-state index in [9.17, 15) is 4.57 Å². The van der Waals surface area contributed by atoms with Crippen molar-refractivity contribution in [3.05, 3.63) is 52.9 Å². The highest BCUT2D eigenvalue weighted by Crippen LogP contribution is 2.42. The first-order valence-corrected chi connectivity index (χ1v) is 17.0. The van der Waals surface area contributed by atoms with Crippen molar-refractivity contribution in [1.29, 1.82) is 0 Å². The fourth-order valence-corrected chi connectivity index (χ4v) is 7.82. The normalized spacial score (nSPS) is 19.0. The number of hydrogen-bond acceptors (Lipinski definition) is 10. The molecule has 2 unspecified atom stereocenters. The van der Waals surface area contributed by atoms with Crippen molar-refractivity contribution >= 4 is 68.2 Å². The Labute approximate surface area is 248 Å². The molecule has 2 saturated heterocycles. The summed E-state index contributed by atoms with van der Waals surface area (Å²) < 4.78 is 19.8. The molecule has 0 radical (unpaired) electrons. The Morgan fingerprint density at radius 3 is 2.44 bits per heavy atom. The molecule has 10 nitrogen and oxygen atoms in total. The lowest BCUT2D eigenvalue weighted by Gasteiger charge is -2.25. The van der Waals surface area contributed by atoms with Gasteiger partial charge in [0.1, 0.15) is 24.2 Å². The van der Waals surface area contributed by atoms with Crippen molar-refractivity contribution in [3.8, 4) is 5.75 Å². The van der Waals surface area contributed by atoms with Gasteiger partial charge in [-0.15, -0.1) is 0 Å². The van der Waals surface area contributed by atoms with Crippen LogP contribution in [-0.2, 0) is 4.57 Å². The number of aryl methyl sites for hydroxylation is 1. The highest BCUT2D eigenvalue weighted by Gasteiger charge is 2.39. The third kappa shape index (κ3) is 5.50. The quantitative estimate of drug-likeness (QED) is 0.262. The number of anilines is 5. The second-order valence-electron chi connectivity index (χ2n) is 11.4. The van der Waals surface area contributed by atoms with Crippen LogP contribution in [0.4, 0.5) is 28.8 Å². The van der Waals surface area contributed by atoms with E-state index in [0.717, 1.165) is 49.5 Å². The number of ether oxygens (including phenoxy) is 1. The molecule has 2 fully saturated rings. The summed E-state index contributed by atoms with van der Waals surface area (Å²) in [7, 11) is 1.17. The van der Waals surface area contributed by atoms with E-state index in [1.165, 1.54) is 11.3 Å². The molecule has 0 spiro atoms. The van der Waals surface area contributed by atoms with Gasteiger partial charge in [-0.2, -0.15) is 4.98 Å². The Balaban J connectivity index is 1.28. The molecule has 0 aliphatic carbocycles. The molecule has 12 heteroatoms. The molecule has 6 rings (SSSR count). The number of nitrogens with zero attached hydrogens (tertiary/aromatic N) is 6. The van der Waals surface area contributed by atoms with E-state index in [1.54, 1.807) is 39.0 Å². The predicted molar refractivity (Wildman–Crippen MR) is 169 cm³/mol. The van der Waals surface area contributed by atoms with Gasteiger partial charge in [0, 0.05) is 56.5 Å². The van der Waals surface area contributed by atoms with Crippen molar-refractivity contribution < 1.29 is 9.30 Å². The lowest BCUT2D eigenvalue weighted by molar-refractivity contribution is 0.387. The molecule has 4 aromatic rings. The SMILES string of the molecule is COc1cc(N2CC3CN(C)CC3C2)c(C)cc1Nc1ncc(Br)c(Nc2ccc3nccnc3c2P(C)(C)=O)n1. The Morgan fingerprint density at radius 1 is 1.00 bits per heavy atom. The van der Waals surface area contributed by atoms with Gasteiger partial charge in [0.05, 0.1) is 33.8 Å². The van der Waals surface area contributed by atoms with Gasteiger partial charge in [0.15, 0.2) is 0 Å². The second kappa shape index (κ2) is 10.9. The van der Waals surface area contributed by atoms with Crippen molar-refractivity contribution in [1.82, 2.24) is 24.8 Å². The summed E-state index contributed by atoms with van der Waals surface area (Å²) >= 11 is 3.56. The molecule has 214 valence electrons. The zero-order valence-corrected chi connectivity index (χ0v) is 26.3. The number of halogens is 1. The van der Waals surface area contributed by atoms with Gasteiger partial charge < -0.3 is 29.7 Å². The number of hydrogen-bond donors (Lipinski definition) is 2. The standard InChI is InChI=1S/C29H34BrN8O2P/c1-17-10-23(25(40-3)11-24(17)38-15-18-13-37(2)14-19(18)16-38)35-29-33-12-20(30)28(36-29)34-22-7-6-21-26(32-9-8-31-21)27(22)41(4,5)39/h6-12,18-19H,13-16H2,1-5H3,(H2,33,34,35,36). The van der Waals surface area contributed by atoms with Gasteiger partial charge in [-0.1, -0.05) is 0 Å². The smallest absolute Gasteiger partial charge is 0.229 e. The lowest BCUT2D eigenvalue weighted by Crippen LogP contribution is -2.27. The number of benzene rings is 2. The second-order valence-corrected chi connectivity index (χ2v) is 15.4. The highest BCUT2D eigenvalue weighted by atomic mass is 79.9. The van der Waals surface area contributed by atoms with E-state index < -0.39 is 7.14 Å². The van der Waals surface area contributed by atoms with Crippen molar-refractivity contribution in [3.63, 3.8) is 0 Å². The number of rotatable bonds is 7. The van der Waals surface area contributed by atoms with Crippen molar-refractivity contribution in [2.75, 3.05) is 69.2 Å². The summed E-state index contributed by atoms with van der Waals surface area (Å²) in [5, 5.41) is 7.33. The molecule has 0 saturated carbocycles. The number of likely N-dealkylation sites (tertiary alicyclic amines) is 1. The van der Waals surface area contributed by atoms with E-state index in [1.807, 2.05) is 12.1 Å². The molecule has 2 aromatic carbocycles. The van der Waals surface area contributed by atoms with Gasteiger partial charge in [0.25, 0.3) is 0 Å². The van der Waals surface area contributed by atoms with Crippen molar-refractivity contribution in [2.45, 2.75) is 6.92 Å². The predicted octanol–water partition coefficient (Wildman–Crippen LogP) is 5.23. The molecule has 0 amide bonds. The Morgan fingerprint density at radius 2 is 1.73 bits per heavy atom. The molecular formula is C29H34BrN8O2P. The fourth-order valence-electron chi connectivity index (χ4n) is 6.14. The molecular weight excluding hydrogens is 603 g/mol. The van der Waals surface area contributed by atoms with E-state index in [4.69, 9.17) is 9.72 Å². The first kappa shape index (κ1) is 27.9. The highest BCUT2D eigenvalue weighted by molar-refractivity contribution is 9.10. The van der Waals surface area contributed by atoms with Gasteiger partial charge in [-0.25, -0.2) is 4.98 Å². The van der Waals surface area contributed by atoms with Gasteiger partial charge >= 0.3 is 0 Å². The molecule has 4 heterocycles. The summed E-state index contributed by atoms with van der Waals surface area (Å²) in [6.07, 6.45) is 4.93. The lowest BCUT2D eigenvalue weighted by atomic mass is 10.0. The number of methoxy groups -OCH3 is 1. The molecule has 2 aliphatic rings. The van der Waals surface area contributed by atoms with Crippen LogP contribution in [0.2, 0.25) is 0 Å². The summed E-state index contributed by atoms with van der Waals surface area (Å²) in [6, 6.07) is 7.93. The monoisotopic (exact) mass is 636 g/mol. The maximum Gasteiger partial charge on any atom is 0.229 e. The Kier molecular flexibility index (Phi) is 7.38. The first-order valence-electron chi connectivity index (χ1n) is 13.6. The van der Waals surface area contributed by atoms with Crippen LogP contribution in [0.3, 0.4) is 0 Å². The number of nitrogens with one attached hydrogen (secondary N) is 2. The maximum atomic E-state index is 13.3. The summed E-state index contributed by atoms with van der Waals surface area (Å²) in [5.74, 6) is 3.10. The van der Waals surface area contributed by atoms with Crippen LogP contribution in [0.15, 0.2) is 47.3 Å². The molecule has 2 atom stereocenters. The summed E-state index contributed by atoms with van der Waals surface area (Å²) in [4.78, 5) is 23.0. The van der Waals surface area contributed by atoms with Crippen LogP contribution in [0.5, 0.6) is 5.75 Å². The average molecular weight is 638 g/mol. The molecule has 0 bridgehead atoms. The molecule has 2 N–H and O–H groups in total. The van der Waals surface area contributed by atoms with E-state index in [0.29, 0.717) is 38.3 Å². The van der Waals surface area contributed by atoms with Crippen LogP contribution in [0.25, 0.3) is 11.0 Å². The van der Waals surface area contributed by atoms with Gasteiger partial charge in [0.2, 0.25) is 5.95 Å². The fraction of sp³-hybridized carbons (Fsp3) is 0.379. The third-order valence-electron chi connectivity index (χ3n) is 7.92. The minimum atomic E-state index is -2.72. The minimum Gasteiger partial charge on any atom is -0.494 e. The molecule has 2 aliphatic heterocycles. The number of fused-ring (bicyclic) bond motifs is 2. The Hall–Kier alpha value is -3.27. The van der Waals surface area contributed by atoms with Crippen LogP contribution < -0.4 is 25.6 Å². The summed E-state index contributed by atoms with van der Waals surface area (Å²) in [6.45, 7) is 10.1. The van der Waals surface area contributed by atoms with E-state index in [2.05, 4.69) is 77.4 Å². The Bertz CT molecular complexity index is 1660. The average Bonchev–Trinajstić information content (AvgIpc) is 3.47.